The molecule has 1 aromatic rings. The van der Waals surface area contributed by atoms with Gasteiger partial charge in [-0.2, -0.15) is 0 Å². The van der Waals surface area contributed by atoms with E-state index >= 15 is 0 Å². The van der Waals surface area contributed by atoms with Crippen LogP contribution < -0.4 is 0 Å². The summed E-state index contributed by atoms with van der Waals surface area (Å²) >= 11 is 0. The Hall–Kier alpha value is -4.54. The molecule has 4 aliphatic carbocycles. The molecule has 19 heteroatoms. The molecule has 0 amide bonds. The zero-order valence-corrected chi connectivity index (χ0v) is 39.1. The van der Waals surface area contributed by atoms with Crippen molar-refractivity contribution < 1.29 is 93.6 Å². The van der Waals surface area contributed by atoms with Crippen LogP contribution in [0.3, 0.4) is 0 Å². The molecule has 0 aromatic heterocycles. The maximum atomic E-state index is 12.9. The monoisotopic (exact) mass is 958 g/mol. The van der Waals surface area contributed by atoms with Gasteiger partial charge in [0.2, 0.25) is 12.1 Å². The van der Waals surface area contributed by atoms with E-state index in [1.165, 1.54) is 26.2 Å². The third-order valence-corrected chi connectivity index (χ3v) is 15.2. The second kappa shape index (κ2) is 21.2. The van der Waals surface area contributed by atoms with Crippen LogP contribution in [0, 0.1) is 40.4 Å². The van der Waals surface area contributed by atoms with Gasteiger partial charge in [0, 0.05) is 41.6 Å². The second-order valence-corrected chi connectivity index (χ2v) is 19.2. The number of fused-ring (bicyclic) bond motifs is 5. The van der Waals surface area contributed by atoms with Crippen molar-refractivity contribution in [2.24, 2.45) is 40.4 Å². The number of phenols is 2. The Kier molecular flexibility index (Phi) is 16.5. The number of carbonyl (C=O) groups excluding carboxylic acids is 4. The number of benzene rings is 1. The average Bonchev–Trinajstić information content (AvgIpc) is 3.57. The molecule has 16 atom stereocenters. The van der Waals surface area contributed by atoms with Gasteiger partial charge in [0.1, 0.15) is 30.0 Å². The first-order valence-corrected chi connectivity index (χ1v) is 22.9. The molecule has 376 valence electrons. The fourth-order valence-corrected chi connectivity index (χ4v) is 11.8. The Labute approximate surface area is 394 Å². The molecule has 0 radical (unpaired) electrons. The summed E-state index contributed by atoms with van der Waals surface area (Å²) in [5.74, 6) is -2.76. The molecule has 68 heavy (non-hydrogen) atoms. The Morgan fingerprint density at radius 2 is 1.76 bits per heavy atom. The van der Waals surface area contributed by atoms with Gasteiger partial charge in [-0.25, -0.2) is 4.79 Å². The van der Waals surface area contributed by atoms with Crippen LogP contribution >= 0.6 is 0 Å². The van der Waals surface area contributed by atoms with Gasteiger partial charge < -0.3 is 74.4 Å². The largest absolute Gasteiger partial charge is 0.504 e. The first-order valence-electron chi connectivity index (χ1n) is 22.9. The maximum Gasteiger partial charge on any atom is 0.337 e. The topological polar surface area (TPSA) is 306 Å². The summed E-state index contributed by atoms with van der Waals surface area (Å²) in [5, 5.41) is 92.3. The van der Waals surface area contributed by atoms with Crippen LogP contribution in [0.1, 0.15) is 72.3 Å². The normalized spacial score (nSPS) is 38.3. The molecule has 9 N–H and O–H groups in total. The van der Waals surface area contributed by atoms with Crippen LogP contribution in [0.5, 0.6) is 11.5 Å². The van der Waals surface area contributed by atoms with Gasteiger partial charge in [-0.15, -0.1) is 0 Å². The number of aliphatic hydroxyl groups excluding tert-OH is 6. The predicted octanol–water partition coefficient (Wildman–Crippen LogP) is 1.53. The van der Waals surface area contributed by atoms with Crippen molar-refractivity contribution in [3.63, 3.8) is 0 Å². The van der Waals surface area contributed by atoms with E-state index in [2.05, 4.69) is 13.8 Å². The predicted molar refractivity (Wildman–Crippen MR) is 236 cm³/mol. The number of aromatic hydroxyl groups is 2. The average molecular weight is 959 g/mol. The number of allylic oxidation sites excluding steroid dienone is 5. The van der Waals surface area contributed by atoms with Crippen LogP contribution in [-0.2, 0) is 54.0 Å². The molecule has 2 heterocycles. The number of hydrogen-bond acceptors (Lipinski definition) is 19. The van der Waals surface area contributed by atoms with Gasteiger partial charge in [0.05, 0.1) is 38.3 Å². The summed E-state index contributed by atoms with van der Waals surface area (Å²) in [5.41, 5.74) is -0.627. The summed E-state index contributed by atoms with van der Waals surface area (Å²) < 4.78 is 31.9. The maximum absolute atomic E-state index is 12.9. The molecule has 7 rings (SSSR count). The van der Waals surface area contributed by atoms with E-state index in [1.54, 1.807) is 31.2 Å². The molecule has 1 saturated heterocycles. The van der Waals surface area contributed by atoms with E-state index in [-0.39, 0.29) is 59.6 Å². The lowest BCUT2D eigenvalue weighted by Crippen LogP contribution is -2.62. The second-order valence-electron chi connectivity index (χ2n) is 19.2. The fourth-order valence-electron chi connectivity index (χ4n) is 11.8. The van der Waals surface area contributed by atoms with Crippen molar-refractivity contribution in [3.8, 4) is 11.5 Å². The van der Waals surface area contributed by atoms with Crippen molar-refractivity contribution in [1.82, 2.24) is 0 Å². The highest BCUT2D eigenvalue weighted by molar-refractivity contribution is 6.01. The van der Waals surface area contributed by atoms with E-state index in [4.69, 9.17) is 28.4 Å². The SMILES string of the molecule is C/C=C1/[C@H](O[C@@H]2O[C@H](CO)[C@@H](O)[C@H](O)[C@H]2O)OC=C(C(=O)OC)[C@H]1CC(O)OCCc1ccc(O)c(O)c1.CC(=O)OCC(=O)[C@@]1(O)CC[C@H]2[C@@H]3C[C@H](C)C4=CC(=O)C=C[C@]4(C)[C@H]3[C@@H](O)C[C@@]21C. The summed E-state index contributed by atoms with van der Waals surface area (Å²) in [4.78, 5) is 48.5. The molecular weight excluding hydrogens is 893 g/mol. The lowest BCUT2D eigenvalue weighted by molar-refractivity contribution is -0.328. The van der Waals surface area contributed by atoms with Gasteiger partial charge in [0.15, 0.2) is 36.5 Å². The summed E-state index contributed by atoms with van der Waals surface area (Å²) in [6.07, 6.45) is -0.574. The van der Waals surface area contributed by atoms with E-state index in [0.717, 1.165) is 18.3 Å². The number of hydrogen-bond donors (Lipinski definition) is 9. The van der Waals surface area contributed by atoms with Crippen molar-refractivity contribution in [1.29, 1.82) is 0 Å². The van der Waals surface area contributed by atoms with Gasteiger partial charge in [-0.3, -0.25) is 14.4 Å². The molecule has 19 nitrogen and oxygen atoms in total. The van der Waals surface area contributed by atoms with E-state index < -0.39 is 103 Å². The first kappa shape index (κ1) is 52.8. The molecule has 1 unspecified atom stereocenters. The Bertz CT molecular complexity index is 2160. The molecule has 0 spiro atoms. The number of aliphatic hydroxyl groups is 7. The van der Waals surface area contributed by atoms with Crippen LogP contribution in [0.25, 0.3) is 0 Å². The number of esters is 2. The van der Waals surface area contributed by atoms with Crippen LogP contribution in [0.4, 0.5) is 0 Å². The molecule has 6 aliphatic rings. The Morgan fingerprint density at radius 3 is 2.41 bits per heavy atom. The molecule has 3 saturated carbocycles. The first-order chi connectivity index (χ1) is 32.0. The van der Waals surface area contributed by atoms with Crippen molar-refractivity contribution >= 4 is 23.5 Å². The molecular formula is C49H66O19. The zero-order chi connectivity index (χ0) is 50.0. The van der Waals surface area contributed by atoms with Gasteiger partial charge in [0.25, 0.3) is 0 Å². The van der Waals surface area contributed by atoms with E-state index in [0.29, 0.717) is 36.8 Å². The minimum Gasteiger partial charge on any atom is -0.504 e. The smallest absolute Gasteiger partial charge is 0.337 e. The van der Waals surface area contributed by atoms with Gasteiger partial charge >= 0.3 is 11.9 Å². The number of ketones is 2. The zero-order valence-electron chi connectivity index (χ0n) is 39.1. The van der Waals surface area contributed by atoms with Crippen molar-refractivity contribution in [2.75, 3.05) is 26.9 Å². The number of Topliss-reactive ketones (excluding diaryl/α,β-unsaturated/α-hetero) is 1. The number of rotatable bonds is 13. The van der Waals surface area contributed by atoms with Gasteiger partial charge in [-0.1, -0.05) is 44.6 Å². The minimum atomic E-state index is -1.67. The van der Waals surface area contributed by atoms with Crippen LogP contribution in [-0.4, -0.2) is 151 Å². The lowest BCUT2D eigenvalue weighted by atomic mass is 9.45. The summed E-state index contributed by atoms with van der Waals surface area (Å²) in [7, 11) is 1.19. The highest BCUT2D eigenvalue weighted by Gasteiger charge is 2.68. The number of carbonyl (C=O) groups is 4. The minimum absolute atomic E-state index is 0.00535. The summed E-state index contributed by atoms with van der Waals surface area (Å²) in [6, 6.07) is 4.31. The third-order valence-electron chi connectivity index (χ3n) is 15.2. The standard InChI is InChI=1S/C25H34O13.C24H32O6/c1-3-13-14(9-19(29)35-7-6-12-4-5-16(27)17(28)8-12)15(23(33)34-2)11-36-24(13)38-25-22(32)21(31)20(30)18(10-26)37-25;1-13-9-16-17-6-8-24(29,20(28)12-30-14(2)25)23(17,4)11-19(27)21(16)22(3)7-5-15(26)10-18(13)22/h3-5,8,11,14,18-22,24-32H,6-7,9-10H2,1-2H3;5,7,10,13,16-17,19,21,27,29H,6,8-9,11-12H2,1-4H3/b13-3+;/t14-,18+,19?,20+,21-,22+,24-,25-;13-,16-,17-,19-,21+,22-,23-,24-/m00/s1. The van der Waals surface area contributed by atoms with Crippen LogP contribution in [0.15, 0.2) is 65.5 Å². The number of methoxy groups -OCH3 is 1. The highest BCUT2D eigenvalue weighted by atomic mass is 16.8. The molecule has 4 fully saturated rings. The lowest BCUT2D eigenvalue weighted by Gasteiger charge is -2.60. The van der Waals surface area contributed by atoms with Crippen molar-refractivity contribution in [2.45, 2.75) is 128 Å². The third kappa shape index (κ3) is 10.2. The Morgan fingerprint density at radius 1 is 1.04 bits per heavy atom. The number of phenolic OH excluding ortho intramolecular Hbond substituents is 2. The van der Waals surface area contributed by atoms with Crippen LogP contribution in [0.2, 0.25) is 0 Å². The van der Waals surface area contributed by atoms with Crippen molar-refractivity contribution in [3.05, 3.63) is 71.0 Å². The Balaban J connectivity index is 0.000000230. The molecule has 0 bridgehead atoms. The fraction of sp³-hybridized carbons (Fsp3) is 0.633. The van der Waals surface area contributed by atoms with E-state index in [9.17, 15) is 65.1 Å². The quantitative estimate of drug-likeness (QED) is 0.0586. The number of ether oxygens (including phenoxy) is 6. The van der Waals surface area contributed by atoms with E-state index in [1.807, 2.05) is 13.0 Å². The highest BCUT2D eigenvalue weighted by Crippen LogP contribution is 2.68. The molecule has 2 aliphatic heterocycles. The summed E-state index contributed by atoms with van der Waals surface area (Å²) in [6.45, 7) is 7.99. The molecule has 1 aromatic carbocycles. The van der Waals surface area contributed by atoms with Gasteiger partial charge in [-0.05, 0) is 86.6 Å².